The first-order chi connectivity index (χ1) is 9.02. The van der Waals surface area contributed by atoms with Gasteiger partial charge in [0, 0.05) is 26.0 Å². The molecule has 1 atom stereocenters. The minimum Gasteiger partial charge on any atom is -0.480 e. The van der Waals surface area contributed by atoms with Crippen LogP contribution >= 0.6 is 0 Å². The Morgan fingerprint density at radius 2 is 2.21 bits per heavy atom. The molecule has 1 aromatic heterocycles. The van der Waals surface area contributed by atoms with Crippen LogP contribution in [-0.2, 0) is 11.2 Å². The van der Waals surface area contributed by atoms with E-state index in [0.717, 1.165) is 0 Å². The number of aromatic nitrogens is 2. The second kappa shape index (κ2) is 7.31. The predicted molar refractivity (Wildman–Crippen MR) is 62.4 cm³/mol. The molecule has 0 fully saturated rings. The van der Waals surface area contributed by atoms with E-state index in [9.17, 15) is 9.59 Å². The Labute approximate surface area is 109 Å². The van der Waals surface area contributed by atoms with E-state index in [-0.39, 0.29) is 19.6 Å². The Balaban J connectivity index is 2.28. The molecule has 1 rings (SSSR count). The maximum absolute atomic E-state index is 11.4. The fourth-order valence-corrected chi connectivity index (χ4v) is 1.32. The lowest BCUT2D eigenvalue weighted by Crippen LogP contribution is -2.46. The number of carboxylic acid groups (broad SMARTS) is 1. The van der Waals surface area contributed by atoms with Crippen molar-refractivity contribution in [2.75, 3.05) is 13.2 Å². The maximum atomic E-state index is 11.4. The molecule has 9 heteroatoms. The quantitative estimate of drug-likeness (QED) is 0.502. The molecule has 0 aliphatic rings. The highest BCUT2D eigenvalue weighted by atomic mass is 16.5. The van der Waals surface area contributed by atoms with Crippen molar-refractivity contribution in [2.45, 2.75) is 25.8 Å². The smallest absolute Gasteiger partial charge is 0.326 e. The molecular formula is C10H16N4O5. The molecule has 0 aliphatic heterocycles. The van der Waals surface area contributed by atoms with E-state index in [1.807, 2.05) is 0 Å². The minimum absolute atomic E-state index is 0.0500. The first-order valence-electron chi connectivity index (χ1n) is 5.70. The monoisotopic (exact) mass is 272 g/mol. The van der Waals surface area contributed by atoms with Crippen molar-refractivity contribution in [1.29, 1.82) is 0 Å². The standard InChI is InChI=1S/C10H16N4O5/c1-6-12-8(19-14-6)2-4-11-10(18)13-7(3-5-15)9(16)17/h7,15H,2-5H2,1H3,(H,16,17)(H2,11,13,18)/t7-/m1/s1. The van der Waals surface area contributed by atoms with E-state index >= 15 is 0 Å². The summed E-state index contributed by atoms with van der Waals surface area (Å²) in [5, 5.41) is 25.7. The highest BCUT2D eigenvalue weighted by Gasteiger charge is 2.18. The Hall–Kier alpha value is -2.16. The van der Waals surface area contributed by atoms with Gasteiger partial charge in [0.2, 0.25) is 5.89 Å². The van der Waals surface area contributed by atoms with Gasteiger partial charge >= 0.3 is 12.0 Å². The second-order valence-corrected chi connectivity index (χ2v) is 3.79. The van der Waals surface area contributed by atoms with E-state index in [0.29, 0.717) is 18.1 Å². The molecule has 1 heterocycles. The molecule has 0 saturated carbocycles. The van der Waals surface area contributed by atoms with Gasteiger partial charge in [-0.2, -0.15) is 4.98 Å². The Kier molecular flexibility index (Phi) is 5.73. The third-order valence-electron chi connectivity index (χ3n) is 2.22. The molecule has 9 nitrogen and oxygen atoms in total. The number of carboxylic acids is 1. The third kappa shape index (κ3) is 5.34. The molecule has 1 aromatic rings. The third-order valence-corrected chi connectivity index (χ3v) is 2.22. The lowest BCUT2D eigenvalue weighted by Gasteiger charge is -2.13. The van der Waals surface area contributed by atoms with E-state index in [4.69, 9.17) is 14.7 Å². The van der Waals surface area contributed by atoms with Crippen molar-refractivity contribution < 1.29 is 24.3 Å². The molecule has 0 saturated heterocycles. The first kappa shape index (κ1) is 14.9. The summed E-state index contributed by atoms with van der Waals surface area (Å²) in [5.74, 6) is -0.298. The van der Waals surface area contributed by atoms with Crippen LogP contribution in [0.25, 0.3) is 0 Å². The number of aliphatic carboxylic acids is 1. The van der Waals surface area contributed by atoms with Crippen molar-refractivity contribution in [3.63, 3.8) is 0 Å². The summed E-state index contributed by atoms with van der Waals surface area (Å²) >= 11 is 0. The fraction of sp³-hybridized carbons (Fsp3) is 0.600. The van der Waals surface area contributed by atoms with Gasteiger partial charge in [0.25, 0.3) is 0 Å². The van der Waals surface area contributed by atoms with Crippen LogP contribution in [0.4, 0.5) is 4.79 Å². The molecule has 0 aliphatic carbocycles. The number of carbonyl (C=O) groups is 2. The van der Waals surface area contributed by atoms with Crippen molar-refractivity contribution in [1.82, 2.24) is 20.8 Å². The first-order valence-corrected chi connectivity index (χ1v) is 5.70. The number of hydrogen-bond donors (Lipinski definition) is 4. The van der Waals surface area contributed by atoms with Crippen LogP contribution < -0.4 is 10.6 Å². The number of urea groups is 1. The minimum atomic E-state index is -1.20. The lowest BCUT2D eigenvalue weighted by atomic mass is 10.2. The lowest BCUT2D eigenvalue weighted by molar-refractivity contribution is -0.139. The van der Waals surface area contributed by atoms with E-state index in [1.165, 1.54) is 0 Å². The van der Waals surface area contributed by atoms with Crippen LogP contribution in [0.15, 0.2) is 4.52 Å². The number of nitrogens with zero attached hydrogens (tertiary/aromatic N) is 2. The van der Waals surface area contributed by atoms with Crippen LogP contribution in [-0.4, -0.2) is 51.5 Å². The molecule has 4 N–H and O–H groups in total. The molecule has 0 bridgehead atoms. The van der Waals surface area contributed by atoms with Crippen molar-refractivity contribution in [3.05, 3.63) is 11.7 Å². The average Bonchev–Trinajstić information content (AvgIpc) is 2.74. The van der Waals surface area contributed by atoms with Crippen LogP contribution in [0.3, 0.4) is 0 Å². The Bertz CT molecular complexity index is 433. The van der Waals surface area contributed by atoms with Crippen molar-refractivity contribution >= 4 is 12.0 Å². The fourth-order valence-electron chi connectivity index (χ4n) is 1.32. The van der Waals surface area contributed by atoms with Crippen LogP contribution in [0.1, 0.15) is 18.1 Å². The van der Waals surface area contributed by atoms with Gasteiger partial charge < -0.3 is 25.4 Å². The van der Waals surface area contributed by atoms with E-state index < -0.39 is 18.0 Å². The zero-order valence-electron chi connectivity index (χ0n) is 10.4. The average molecular weight is 272 g/mol. The Morgan fingerprint density at radius 3 is 2.74 bits per heavy atom. The number of carbonyl (C=O) groups excluding carboxylic acids is 1. The van der Waals surface area contributed by atoms with Crippen molar-refractivity contribution in [2.24, 2.45) is 0 Å². The molecule has 19 heavy (non-hydrogen) atoms. The maximum Gasteiger partial charge on any atom is 0.326 e. The largest absolute Gasteiger partial charge is 0.480 e. The van der Waals surface area contributed by atoms with Gasteiger partial charge in [-0.1, -0.05) is 5.16 Å². The number of hydrogen-bond acceptors (Lipinski definition) is 6. The number of aliphatic hydroxyl groups excluding tert-OH is 1. The molecule has 0 unspecified atom stereocenters. The predicted octanol–water partition coefficient (Wildman–Crippen LogP) is -0.945. The van der Waals surface area contributed by atoms with Crippen LogP contribution in [0.5, 0.6) is 0 Å². The summed E-state index contributed by atoms with van der Waals surface area (Å²) in [6, 6.07) is -1.74. The van der Waals surface area contributed by atoms with Gasteiger partial charge in [0.15, 0.2) is 5.82 Å². The van der Waals surface area contributed by atoms with Crippen LogP contribution in [0, 0.1) is 6.92 Å². The molecule has 2 amide bonds. The SMILES string of the molecule is Cc1noc(CCNC(=O)N[C@H](CCO)C(=O)O)n1. The zero-order valence-corrected chi connectivity index (χ0v) is 10.4. The molecular weight excluding hydrogens is 256 g/mol. The molecule has 0 spiro atoms. The summed E-state index contributed by atoms with van der Waals surface area (Å²) in [7, 11) is 0. The highest BCUT2D eigenvalue weighted by molar-refractivity contribution is 5.82. The van der Waals surface area contributed by atoms with Gasteiger partial charge in [-0.3, -0.25) is 0 Å². The normalized spacial score (nSPS) is 11.9. The molecule has 106 valence electrons. The topological polar surface area (TPSA) is 138 Å². The molecule has 0 aromatic carbocycles. The van der Waals surface area contributed by atoms with Gasteiger partial charge in [-0.05, 0) is 6.92 Å². The summed E-state index contributed by atoms with van der Waals surface area (Å²) in [6.07, 6.45) is 0.303. The number of amides is 2. The van der Waals surface area contributed by atoms with Gasteiger partial charge in [0.05, 0.1) is 0 Å². The number of rotatable bonds is 7. The van der Waals surface area contributed by atoms with Gasteiger partial charge in [-0.25, -0.2) is 9.59 Å². The number of aryl methyl sites for hydroxylation is 1. The number of nitrogens with one attached hydrogen (secondary N) is 2. The number of aliphatic hydroxyl groups is 1. The summed E-state index contributed by atoms with van der Waals surface area (Å²) in [5.41, 5.74) is 0. The summed E-state index contributed by atoms with van der Waals surface area (Å²) < 4.78 is 4.84. The molecule has 0 radical (unpaired) electrons. The van der Waals surface area contributed by atoms with E-state index in [1.54, 1.807) is 6.92 Å². The van der Waals surface area contributed by atoms with E-state index in [2.05, 4.69) is 20.8 Å². The van der Waals surface area contributed by atoms with Crippen molar-refractivity contribution in [3.8, 4) is 0 Å². The highest BCUT2D eigenvalue weighted by Crippen LogP contribution is 1.96. The van der Waals surface area contributed by atoms with Crippen LogP contribution in [0.2, 0.25) is 0 Å². The Morgan fingerprint density at radius 1 is 1.47 bits per heavy atom. The van der Waals surface area contributed by atoms with Gasteiger partial charge in [-0.15, -0.1) is 0 Å². The summed E-state index contributed by atoms with van der Waals surface area (Å²) in [6.45, 7) is 1.59. The zero-order chi connectivity index (χ0) is 14.3. The second-order valence-electron chi connectivity index (χ2n) is 3.79. The summed E-state index contributed by atoms with van der Waals surface area (Å²) in [4.78, 5) is 26.1. The van der Waals surface area contributed by atoms with Gasteiger partial charge in [0.1, 0.15) is 6.04 Å².